The SMILES string of the molecule is O=C(OCc1ccccc1)N(CCO)c1ccc([N+](=O)[O-])cc1O. The van der Waals surface area contributed by atoms with Crippen LogP contribution in [0.1, 0.15) is 5.56 Å². The highest BCUT2D eigenvalue weighted by Crippen LogP contribution is 2.31. The van der Waals surface area contributed by atoms with Gasteiger partial charge in [-0.05, 0) is 11.6 Å². The van der Waals surface area contributed by atoms with Crippen molar-refractivity contribution in [3.8, 4) is 5.75 Å². The first kappa shape index (κ1) is 17.2. The van der Waals surface area contributed by atoms with E-state index in [1.54, 1.807) is 24.3 Å². The zero-order chi connectivity index (χ0) is 17.5. The third-order valence-electron chi connectivity index (χ3n) is 3.21. The van der Waals surface area contributed by atoms with Gasteiger partial charge in [0.2, 0.25) is 0 Å². The van der Waals surface area contributed by atoms with Gasteiger partial charge in [-0.2, -0.15) is 0 Å². The van der Waals surface area contributed by atoms with E-state index in [0.29, 0.717) is 0 Å². The standard InChI is InChI=1S/C16H16N2O6/c19-9-8-17(14-7-6-13(18(22)23)10-15(14)20)16(21)24-11-12-4-2-1-3-5-12/h1-7,10,19-20H,8-9,11H2. The number of amides is 1. The van der Waals surface area contributed by atoms with Crippen LogP contribution in [-0.2, 0) is 11.3 Å². The smallest absolute Gasteiger partial charge is 0.414 e. The maximum Gasteiger partial charge on any atom is 0.414 e. The van der Waals surface area contributed by atoms with E-state index in [-0.39, 0.29) is 31.1 Å². The van der Waals surface area contributed by atoms with Crippen LogP contribution in [0.25, 0.3) is 0 Å². The van der Waals surface area contributed by atoms with E-state index in [9.17, 15) is 20.0 Å². The number of hydrogen-bond donors (Lipinski definition) is 2. The lowest BCUT2D eigenvalue weighted by molar-refractivity contribution is -0.384. The molecule has 1 amide bonds. The summed E-state index contributed by atoms with van der Waals surface area (Å²) in [5.41, 5.74) is 0.494. The monoisotopic (exact) mass is 332 g/mol. The van der Waals surface area contributed by atoms with E-state index in [4.69, 9.17) is 9.84 Å². The number of non-ortho nitro benzene ring substituents is 1. The van der Waals surface area contributed by atoms with Crippen LogP contribution in [0.4, 0.5) is 16.2 Å². The first-order chi connectivity index (χ1) is 11.5. The van der Waals surface area contributed by atoms with Crippen molar-refractivity contribution >= 4 is 17.5 Å². The number of anilines is 1. The number of aliphatic hydroxyl groups excluding tert-OH is 1. The van der Waals surface area contributed by atoms with Gasteiger partial charge in [0.05, 0.1) is 29.8 Å². The van der Waals surface area contributed by atoms with Gasteiger partial charge < -0.3 is 14.9 Å². The number of phenols is 1. The molecular weight excluding hydrogens is 316 g/mol. The quantitative estimate of drug-likeness (QED) is 0.620. The van der Waals surface area contributed by atoms with Crippen molar-refractivity contribution < 1.29 is 24.7 Å². The molecule has 0 bridgehead atoms. The van der Waals surface area contributed by atoms with Crippen LogP contribution in [0, 0.1) is 10.1 Å². The van der Waals surface area contributed by atoms with E-state index in [1.807, 2.05) is 6.07 Å². The largest absolute Gasteiger partial charge is 0.505 e. The average Bonchev–Trinajstić information content (AvgIpc) is 2.58. The van der Waals surface area contributed by atoms with E-state index in [0.717, 1.165) is 22.6 Å². The fraction of sp³-hybridized carbons (Fsp3) is 0.188. The highest BCUT2D eigenvalue weighted by atomic mass is 16.6. The minimum absolute atomic E-state index is 0.0210. The maximum atomic E-state index is 12.2. The number of ether oxygens (including phenoxy) is 1. The number of rotatable bonds is 6. The van der Waals surface area contributed by atoms with Crippen molar-refractivity contribution in [2.24, 2.45) is 0 Å². The molecule has 2 aromatic carbocycles. The molecule has 0 aromatic heterocycles. The molecule has 24 heavy (non-hydrogen) atoms. The molecule has 0 aliphatic carbocycles. The van der Waals surface area contributed by atoms with Crippen molar-refractivity contribution in [3.63, 3.8) is 0 Å². The zero-order valence-electron chi connectivity index (χ0n) is 12.7. The van der Waals surface area contributed by atoms with Crippen molar-refractivity contribution in [2.75, 3.05) is 18.1 Å². The second-order valence-corrected chi connectivity index (χ2v) is 4.85. The molecule has 0 aliphatic rings. The van der Waals surface area contributed by atoms with Gasteiger partial charge in [0.25, 0.3) is 5.69 Å². The predicted octanol–water partition coefficient (Wildman–Crippen LogP) is 2.44. The van der Waals surface area contributed by atoms with Crippen molar-refractivity contribution in [1.29, 1.82) is 0 Å². The van der Waals surface area contributed by atoms with Gasteiger partial charge in [-0.15, -0.1) is 0 Å². The lowest BCUT2D eigenvalue weighted by atomic mass is 10.2. The molecule has 0 spiro atoms. The van der Waals surface area contributed by atoms with Crippen molar-refractivity contribution in [1.82, 2.24) is 0 Å². The minimum atomic E-state index is -0.781. The molecular formula is C16H16N2O6. The number of aromatic hydroxyl groups is 1. The maximum absolute atomic E-state index is 12.2. The Hall–Kier alpha value is -3.13. The third kappa shape index (κ3) is 4.20. The number of nitrogens with zero attached hydrogens (tertiary/aromatic N) is 2. The summed E-state index contributed by atoms with van der Waals surface area (Å²) in [6, 6.07) is 12.3. The Kier molecular flexibility index (Phi) is 5.69. The van der Waals surface area contributed by atoms with Gasteiger partial charge in [-0.25, -0.2) is 4.79 Å². The fourth-order valence-corrected chi connectivity index (χ4v) is 2.06. The zero-order valence-corrected chi connectivity index (χ0v) is 12.7. The van der Waals surface area contributed by atoms with Crippen LogP contribution in [0.2, 0.25) is 0 Å². The number of carbonyl (C=O) groups excluding carboxylic acids is 1. The van der Waals surface area contributed by atoms with E-state index in [1.165, 1.54) is 6.07 Å². The van der Waals surface area contributed by atoms with E-state index in [2.05, 4.69) is 0 Å². The lowest BCUT2D eigenvalue weighted by Crippen LogP contribution is -2.34. The predicted molar refractivity (Wildman–Crippen MR) is 85.8 cm³/mol. The van der Waals surface area contributed by atoms with Crippen LogP contribution < -0.4 is 4.90 Å². The normalized spacial score (nSPS) is 10.2. The summed E-state index contributed by atoms with van der Waals surface area (Å²) in [7, 11) is 0. The Morgan fingerprint density at radius 2 is 1.92 bits per heavy atom. The highest BCUT2D eigenvalue weighted by molar-refractivity contribution is 5.89. The molecule has 0 saturated carbocycles. The molecule has 8 heteroatoms. The molecule has 0 unspecified atom stereocenters. The van der Waals surface area contributed by atoms with Crippen molar-refractivity contribution in [3.05, 3.63) is 64.2 Å². The van der Waals surface area contributed by atoms with Gasteiger partial charge in [0.15, 0.2) is 0 Å². The molecule has 0 heterocycles. The molecule has 2 rings (SSSR count). The number of benzene rings is 2. The second-order valence-electron chi connectivity index (χ2n) is 4.85. The molecule has 0 atom stereocenters. The molecule has 2 aromatic rings. The Morgan fingerprint density at radius 1 is 1.21 bits per heavy atom. The molecule has 0 fully saturated rings. The lowest BCUT2D eigenvalue weighted by Gasteiger charge is -2.22. The summed E-state index contributed by atoms with van der Waals surface area (Å²) in [5.74, 6) is -0.450. The first-order valence-corrected chi connectivity index (χ1v) is 7.09. The van der Waals surface area contributed by atoms with E-state index >= 15 is 0 Å². The molecule has 2 N–H and O–H groups in total. The summed E-state index contributed by atoms with van der Waals surface area (Å²) < 4.78 is 5.16. The van der Waals surface area contributed by atoms with Crippen LogP contribution in [0.15, 0.2) is 48.5 Å². The van der Waals surface area contributed by atoms with E-state index < -0.39 is 16.8 Å². The highest BCUT2D eigenvalue weighted by Gasteiger charge is 2.22. The topological polar surface area (TPSA) is 113 Å². The molecule has 0 aliphatic heterocycles. The van der Waals surface area contributed by atoms with Gasteiger partial charge in [-0.3, -0.25) is 15.0 Å². The number of hydrogen-bond acceptors (Lipinski definition) is 6. The third-order valence-corrected chi connectivity index (χ3v) is 3.21. The summed E-state index contributed by atoms with van der Waals surface area (Å²) >= 11 is 0. The van der Waals surface area contributed by atoms with Crippen LogP contribution in [-0.4, -0.2) is 34.4 Å². The van der Waals surface area contributed by atoms with Crippen molar-refractivity contribution in [2.45, 2.75) is 6.61 Å². The average molecular weight is 332 g/mol. The number of carbonyl (C=O) groups is 1. The Labute approximate surface area is 137 Å². The second kappa shape index (κ2) is 7.93. The van der Waals surface area contributed by atoms with Crippen LogP contribution in [0.3, 0.4) is 0 Å². The summed E-state index contributed by atoms with van der Waals surface area (Å²) in [4.78, 5) is 23.3. The summed E-state index contributed by atoms with van der Waals surface area (Å²) in [5, 5.41) is 29.8. The fourth-order valence-electron chi connectivity index (χ4n) is 2.06. The number of nitro benzene ring substituents is 1. The van der Waals surface area contributed by atoms with Gasteiger partial charge in [-0.1, -0.05) is 30.3 Å². The number of nitro groups is 1. The molecule has 0 saturated heterocycles. The molecule has 8 nitrogen and oxygen atoms in total. The molecule has 0 radical (unpaired) electrons. The van der Waals surface area contributed by atoms with Gasteiger partial charge in [0, 0.05) is 6.07 Å². The van der Waals surface area contributed by atoms with Crippen LogP contribution >= 0.6 is 0 Å². The Balaban J connectivity index is 2.16. The summed E-state index contributed by atoms with van der Waals surface area (Å²) in [6.07, 6.45) is -0.781. The number of aliphatic hydroxyl groups is 1. The van der Waals surface area contributed by atoms with Crippen LogP contribution in [0.5, 0.6) is 5.75 Å². The number of phenolic OH excluding ortho intramolecular Hbond substituents is 1. The summed E-state index contributed by atoms with van der Waals surface area (Å²) in [6.45, 7) is -0.467. The molecule has 126 valence electrons. The Morgan fingerprint density at radius 3 is 2.50 bits per heavy atom. The minimum Gasteiger partial charge on any atom is -0.505 e. The first-order valence-electron chi connectivity index (χ1n) is 7.09. The van der Waals surface area contributed by atoms with Gasteiger partial charge >= 0.3 is 6.09 Å². The van der Waals surface area contributed by atoms with Gasteiger partial charge in [0.1, 0.15) is 12.4 Å². The Bertz CT molecular complexity index is 720.